The normalized spacial score (nSPS) is 10.5. The van der Waals surface area contributed by atoms with Crippen LogP contribution in [-0.4, -0.2) is 9.91 Å². The molecule has 3 aromatic rings. The molecule has 0 fully saturated rings. The Morgan fingerprint density at radius 1 is 1.13 bits per heavy atom. The molecule has 5 nitrogen and oxygen atoms in total. The van der Waals surface area contributed by atoms with Gasteiger partial charge in [-0.1, -0.05) is 12.1 Å². The lowest BCUT2D eigenvalue weighted by atomic mass is 10.1. The molecule has 0 radical (unpaired) electrons. The number of non-ortho nitro benzene ring substituents is 1. The minimum atomic E-state index is -0.430. The summed E-state index contributed by atoms with van der Waals surface area (Å²) >= 11 is 1.45. The third-order valence-corrected chi connectivity index (χ3v) is 4.04. The molecule has 1 aromatic heterocycles. The summed E-state index contributed by atoms with van der Waals surface area (Å²) < 4.78 is 12.8. The Morgan fingerprint density at radius 3 is 2.48 bits per heavy atom. The van der Waals surface area contributed by atoms with E-state index in [1.54, 1.807) is 24.3 Å². The number of nitrogens with one attached hydrogen (secondary N) is 1. The molecule has 116 valence electrons. The van der Waals surface area contributed by atoms with Gasteiger partial charge in [-0.25, -0.2) is 9.37 Å². The van der Waals surface area contributed by atoms with Gasteiger partial charge in [-0.05, 0) is 29.8 Å². The second-order valence-electron chi connectivity index (χ2n) is 4.82. The highest BCUT2D eigenvalue weighted by atomic mass is 32.1. The molecule has 0 spiro atoms. The lowest BCUT2D eigenvalue weighted by Crippen LogP contribution is -1.98. The summed E-state index contributed by atoms with van der Waals surface area (Å²) in [5.74, 6) is -0.261. The molecule has 0 unspecified atom stereocenters. The first kappa shape index (κ1) is 15.1. The molecular weight excluding hydrogens is 317 g/mol. The molecule has 0 atom stereocenters. The zero-order valence-corrected chi connectivity index (χ0v) is 12.7. The first-order valence-corrected chi connectivity index (χ1v) is 7.68. The highest BCUT2D eigenvalue weighted by Gasteiger charge is 2.08. The number of halogens is 1. The fraction of sp³-hybridized carbons (Fsp3) is 0.0625. The molecule has 0 saturated heterocycles. The van der Waals surface area contributed by atoms with E-state index in [9.17, 15) is 14.5 Å². The number of hydrogen-bond donors (Lipinski definition) is 1. The second kappa shape index (κ2) is 6.53. The van der Waals surface area contributed by atoms with E-state index in [0.29, 0.717) is 6.54 Å². The number of anilines is 1. The summed E-state index contributed by atoms with van der Waals surface area (Å²) in [7, 11) is 0. The number of nitro groups is 1. The number of hydrogen-bond acceptors (Lipinski definition) is 5. The minimum Gasteiger partial charge on any atom is -0.357 e. The van der Waals surface area contributed by atoms with Crippen molar-refractivity contribution in [2.75, 3.05) is 5.32 Å². The van der Waals surface area contributed by atoms with Gasteiger partial charge in [0.1, 0.15) is 5.82 Å². The fourth-order valence-corrected chi connectivity index (χ4v) is 2.74. The zero-order valence-electron chi connectivity index (χ0n) is 11.9. The van der Waals surface area contributed by atoms with Crippen LogP contribution in [0, 0.1) is 15.9 Å². The lowest BCUT2D eigenvalue weighted by molar-refractivity contribution is -0.384. The molecule has 0 amide bonds. The van der Waals surface area contributed by atoms with Gasteiger partial charge in [-0.3, -0.25) is 10.1 Å². The predicted octanol–water partition coefficient (Wildman–Crippen LogP) is 4.47. The topological polar surface area (TPSA) is 68.1 Å². The predicted molar refractivity (Wildman–Crippen MR) is 87.9 cm³/mol. The lowest BCUT2D eigenvalue weighted by Gasteiger charge is -2.02. The van der Waals surface area contributed by atoms with E-state index in [2.05, 4.69) is 10.3 Å². The van der Waals surface area contributed by atoms with Gasteiger partial charge in [0.2, 0.25) is 0 Å². The van der Waals surface area contributed by atoms with Crippen LogP contribution in [0.3, 0.4) is 0 Å². The molecule has 2 aromatic carbocycles. The van der Waals surface area contributed by atoms with Crippen LogP contribution < -0.4 is 5.32 Å². The van der Waals surface area contributed by atoms with E-state index in [1.807, 2.05) is 5.38 Å². The molecule has 0 aliphatic heterocycles. The molecule has 3 rings (SSSR count). The largest absolute Gasteiger partial charge is 0.357 e. The van der Waals surface area contributed by atoms with Crippen LogP contribution in [0.2, 0.25) is 0 Å². The van der Waals surface area contributed by atoms with E-state index in [4.69, 9.17) is 0 Å². The van der Waals surface area contributed by atoms with Crippen molar-refractivity contribution >= 4 is 22.2 Å². The van der Waals surface area contributed by atoms with Crippen LogP contribution in [-0.2, 0) is 6.54 Å². The van der Waals surface area contributed by atoms with Crippen LogP contribution in [0.5, 0.6) is 0 Å². The maximum Gasteiger partial charge on any atom is 0.269 e. The Bertz CT molecular complexity index is 816. The Balaban J connectivity index is 1.67. The molecule has 0 saturated carbocycles. The Kier molecular flexibility index (Phi) is 4.29. The van der Waals surface area contributed by atoms with Gasteiger partial charge in [-0.15, -0.1) is 11.3 Å². The van der Waals surface area contributed by atoms with Crippen molar-refractivity contribution in [1.82, 2.24) is 4.98 Å². The van der Waals surface area contributed by atoms with E-state index < -0.39 is 4.92 Å². The second-order valence-corrected chi connectivity index (χ2v) is 5.68. The van der Waals surface area contributed by atoms with Gasteiger partial charge in [0.05, 0.1) is 10.6 Å². The van der Waals surface area contributed by atoms with Gasteiger partial charge in [0.25, 0.3) is 5.69 Å². The van der Waals surface area contributed by atoms with Crippen LogP contribution in [0.15, 0.2) is 53.9 Å². The van der Waals surface area contributed by atoms with Gasteiger partial charge in [0, 0.05) is 29.6 Å². The minimum absolute atomic E-state index is 0.0543. The standard InChI is InChI=1S/C16H12FN3O2S/c17-13-5-1-11(2-6-13)9-18-16-19-15(10-23-16)12-3-7-14(8-4-12)20(21)22/h1-8,10H,9H2,(H,18,19). The summed E-state index contributed by atoms with van der Waals surface area (Å²) in [4.78, 5) is 14.7. The number of thiazole rings is 1. The molecule has 7 heteroatoms. The van der Waals surface area contributed by atoms with E-state index in [0.717, 1.165) is 22.0 Å². The monoisotopic (exact) mass is 329 g/mol. The van der Waals surface area contributed by atoms with E-state index in [-0.39, 0.29) is 11.5 Å². The molecule has 1 N–H and O–H groups in total. The molecule has 23 heavy (non-hydrogen) atoms. The maximum atomic E-state index is 12.8. The van der Waals surface area contributed by atoms with Crippen molar-refractivity contribution in [2.45, 2.75) is 6.54 Å². The van der Waals surface area contributed by atoms with Crippen molar-refractivity contribution in [3.8, 4) is 11.3 Å². The smallest absolute Gasteiger partial charge is 0.269 e. The molecular formula is C16H12FN3O2S. The number of nitro benzene ring substituents is 1. The molecule has 0 aliphatic rings. The van der Waals surface area contributed by atoms with Gasteiger partial charge >= 0.3 is 0 Å². The van der Waals surface area contributed by atoms with Crippen LogP contribution in [0.25, 0.3) is 11.3 Å². The van der Waals surface area contributed by atoms with E-state index in [1.165, 1.54) is 35.6 Å². The fourth-order valence-electron chi connectivity index (χ4n) is 2.02. The summed E-state index contributed by atoms with van der Waals surface area (Å²) in [6, 6.07) is 12.5. The van der Waals surface area contributed by atoms with Crippen LogP contribution >= 0.6 is 11.3 Å². The number of nitrogens with zero attached hydrogens (tertiary/aromatic N) is 2. The van der Waals surface area contributed by atoms with Gasteiger partial charge < -0.3 is 5.32 Å². The summed E-state index contributed by atoms with van der Waals surface area (Å²) in [5.41, 5.74) is 2.59. The van der Waals surface area contributed by atoms with Crippen molar-refractivity contribution in [2.24, 2.45) is 0 Å². The SMILES string of the molecule is O=[N+]([O-])c1ccc(-c2csc(NCc3ccc(F)cc3)n2)cc1. The first-order valence-electron chi connectivity index (χ1n) is 6.80. The highest BCUT2D eigenvalue weighted by Crippen LogP contribution is 2.26. The van der Waals surface area contributed by atoms with Crippen molar-refractivity contribution in [3.05, 3.63) is 75.4 Å². The Hall–Kier alpha value is -2.80. The number of benzene rings is 2. The number of aromatic nitrogens is 1. The molecule has 1 heterocycles. The average molecular weight is 329 g/mol. The van der Waals surface area contributed by atoms with Gasteiger partial charge in [0.15, 0.2) is 5.13 Å². The number of rotatable bonds is 5. The summed E-state index contributed by atoms with van der Waals surface area (Å²) in [5, 5.41) is 16.5. The third kappa shape index (κ3) is 3.70. The zero-order chi connectivity index (χ0) is 16.2. The van der Waals surface area contributed by atoms with E-state index >= 15 is 0 Å². The van der Waals surface area contributed by atoms with Crippen LogP contribution in [0.4, 0.5) is 15.2 Å². The Morgan fingerprint density at radius 2 is 1.83 bits per heavy atom. The first-order chi connectivity index (χ1) is 11.1. The molecule has 0 aliphatic carbocycles. The third-order valence-electron chi connectivity index (χ3n) is 3.24. The maximum absolute atomic E-state index is 12.8. The Labute approximate surface area is 135 Å². The molecule has 0 bridgehead atoms. The van der Waals surface area contributed by atoms with Crippen molar-refractivity contribution in [1.29, 1.82) is 0 Å². The average Bonchev–Trinajstić information content (AvgIpc) is 3.03. The van der Waals surface area contributed by atoms with Crippen molar-refractivity contribution < 1.29 is 9.31 Å². The van der Waals surface area contributed by atoms with Gasteiger partial charge in [-0.2, -0.15) is 0 Å². The summed E-state index contributed by atoms with van der Waals surface area (Å²) in [6.45, 7) is 0.549. The quantitative estimate of drug-likeness (QED) is 0.554. The van der Waals surface area contributed by atoms with Crippen molar-refractivity contribution in [3.63, 3.8) is 0 Å². The summed E-state index contributed by atoms with van der Waals surface area (Å²) in [6.07, 6.45) is 0. The van der Waals surface area contributed by atoms with Crippen LogP contribution in [0.1, 0.15) is 5.56 Å². The highest BCUT2D eigenvalue weighted by molar-refractivity contribution is 7.14.